The molecule has 0 heteroatoms. The molecule has 0 saturated heterocycles. The van der Waals surface area contributed by atoms with Gasteiger partial charge >= 0.3 is 0 Å². The van der Waals surface area contributed by atoms with Crippen LogP contribution in [-0.2, 0) is 12.8 Å². The molecule has 0 fully saturated rings. The second-order valence-corrected chi connectivity index (χ2v) is 4.32. The molecule has 0 amide bonds. The lowest BCUT2D eigenvalue weighted by Gasteiger charge is -2.06. The van der Waals surface area contributed by atoms with Crippen LogP contribution in [0.2, 0.25) is 0 Å². The molecule has 0 nitrogen and oxygen atoms in total. The van der Waals surface area contributed by atoms with Crippen molar-refractivity contribution in [2.75, 3.05) is 0 Å². The Labute approximate surface area is 84.6 Å². The highest BCUT2D eigenvalue weighted by Gasteiger charge is 2.17. The molecule has 2 aromatic rings. The van der Waals surface area contributed by atoms with Crippen LogP contribution < -0.4 is 0 Å². The molecular formula is C14H14. The number of hydrogen-bond donors (Lipinski definition) is 0. The third kappa shape index (κ3) is 0.886. The van der Waals surface area contributed by atoms with Gasteiger partial charge in [-0.15, -0.1) is 0 Å². The van der Waals surface area contributed by atoms with Gasteiger partial charge < -0.3 is 0 Å². The number of aryl methyl sites for hydroxylation is 4. The van der Waals surface area contributed by atoms with E-state index in [9.17, 15) is 0 Å². The van der Waals surface area contributed by atoms with Crippen LogP contribution in [0.15, 0.2) is 24.3 Å². The van der Waals surface area contributed by atoms with Gasteiger partial charge in [0.15, 0.2) is 0 Å². The molecule has 2 aromatic carbocycles. The molecule has 0 radical (unpaired) electrons. The average molecular weight is 182 g/mol. The van der Waals surface area contributed by atoms with E-state index >= 15 is 0 Å². The zero-order valence-corrected chi connectivity index (χ0v) is 8.72. The average Bonchev–Trinajstić information content (AvgIpc) is 2.62. The summed E-state index contributed by atoms with van der Waals surface area (Å²) in [6, 6.07) is 9.01. The van der Waals surface area contributed by atoms with Gasteiger partial charge in [0.25, 0.3) is 0 Å². The Morgan fingerprint density at radius 1 is 0.786 bits per heavy atom. The molecule has 1 aliphatic carbocycles. The van der Waals surface area contributed by atoms with Crippen LogP contribution in [0.4, 0.5) is 0 Å². The van der Waals surface area contributed by atoms with Gasteiger partial charge in [0.2, 0.25) is 0 Å². The van der Waals surface area contributed by atoms with E-state index in [2.05, 4.69) is 38.1 Å². The first-order valence-electron chi connectivity index (χ1n) is 5.28. The lowest BCUT2D eigenvalue weighted by atomic mass is 9.99. The Kier molecular flexibility index (Phi) is 1.49. The van der Waals surface area contributed by atoms with Crippen LogP contribution in [0.25, 0.3) is 10.8 Å². The fourth-order valence-corrected chi connectivity index (χ4v) is 2.67. The Morgan fingerprint density at radius 3 is 1.79 bits per heavy atom. The van der Waals surface area contributed by atoms with Gasteiger partial charge in [-0.25, -0.2) is 0 Å². The van der Waals surface area contributed by atoms with Crippen molar-refractivity contribution in [3.63, 3.8) is 0 Å². The lowest BCUT2D eigenvalue weighted by molar-refractivity contribution is 1.00. The standard InChI is InChI=1S/C14H14/c1-9-3-5-11-6-4-10(2)13-8-7-12(9)14(11)13/h3-6H,7-8H2,1-2H3. The fraction of sp³-hybridized carbons (Fsp3) is 0.286. The van der Waals surface area contributed by atoms with E-state index in [-0.39, 0.29) is 0 Å². The van der Waals surface area contributed by atoms with Gasteiger partial charge in [-0.2, -0.15) is 0 Å². The van der Waals surface area contributed by atoms with Crippen molar-refractivity contribution < 1.29 is 0 Å². The zero-order valence-electron chi connectivity index (χ0n) is 8.72. The number of rotatable bonds is 0. The topological polar surface area (TPSA) is 0 Å². The van der Waals surface area contributed by atoms with Crippen molar-refractivity contribution in [2.24, 2.45) is 0 Å². The Bertz CT molecular complexity index is 476. The first-order chi connectivity index (χ1) is 6.77. The third-order valence-corrected chi connectivity index (χ3v) is 3.50. The first-order valence-corrected chi connectivity index (χ1v) is 5.28. The molecular weight excluding hydrogens is 168 g/mol. The highest BCUT2D eigenvalue weighted by Crippen LogP contribution is 2.34. The number of hydrogen-bond acceptors (Lipinski definition) is 0. The first kappa shape index (κ1) is 8.05. The summed E-state index contributed by atoms with van der Waals surface area (Å²) in [7, 11) is 0. The summed E-state index contributed by atoms with van der Waals surface area (Å²) < 4.78 is 0. The van der Waals surface area contributed by atoms with E-state index in [0.29, 0.717) is 0 Å². The van der Waals surface area contributed by atoms with Crippen molar-refractivity contribution in [3.8, 4) is 0 Å². The lowest BCUT2D eigenvalue weighted by Crippen LogP contribution is -1.85. The van der Waals surface area contributed by atoms with E-state index in [0.717, 1.165) is 0 Å². The second-order valence-electron chi connectivity index (χ2n) is 4.32. The Balaban J connectivity index is 2.55. The summed E-state index contributed by atoms with van der Waals surface area (Å²) in [6.45, 7) is 4.46. The van der Waals surface area contributed by atoms with Crippen LogP contribution in [-0.4, -0.2) is 0 Å². The van der Waals surface area contributed by atoms with Gasteiger partial charge in [0.1, 0.15) is 0 Å². The third-order valence-electron chi connectivity index (χ3n) is 3.50. The second kappa shape index (κ2) is 2.60. The highest BCUT2D eigenvalue weighted by atomic mass is 14.2. The quantitative estimate of drug-likeness (QED) is 0.584. The minimum Gasteiger partial charge on any atom is -0.0584 e. The maximum atomic E-state index is 2.25. The molecule has 0 saturated carbocycles. The fourth-order valence-electron chi connectivity index (χ4n) is 2.67. The summed E-state index contributed by atoms with van der Waals surface area (Å²) in [6.07, 6.45) is 2.48. The molecule has 3 rings (SSSR count). The molecule has 0 aliphatic heterocycles. The molecule has 1 aliphatic rings. The van der Waals surface area contributed by atoms with E-state index in [1.54, 1.807) is 16.5 Å². The van der Waals surface area contributed by atoms with Crippen molar-refractivity contribution in [2.45, 2.75) is 26.7 Å². The maximum absolute atomic E-state index is 2.25. The molecule has 0 bridgehead atoms. The summed E-state index contributed by atoms with van der Waals surface area (Å²) in [4.78, 5) is 0. The van der Waals surface area contributed by atoms with Gasteiger partial charge in [0.05, 0.1) is 0 Å². The minimum atomic E-state index is 1.24. The minimum absolute atomic E-state index is 1.24. The van der Waals surface area contributed by atoms with Crippen LogP contribution in [0, 0.1) is 13.8 Å². The van der Waals surface area contributed by atoms with Gasteiger partial charge in [-0.1, -0.05) is 24.3 Å². The van der Waals surface area contributed by atoms with Crippen LogP contribution in [0.1, 0.15) is 22.3 Å². The number of benzene rings is 2. The molecule has 0 unspecified atom stereocenters. The van der Waals surface area contributed by atoms with Crippen molar-refractivity contribution >= 4 is 10.8 Å². The monoisotopic (exact) mass is 182 g/mol. The van der Waals surface area contributed by atoms with Crippen molar-refractivity contribution in [1.82, 2.24) is 0 Å². The molecule has 14 heavy (non-hydrogen) atoms. The van der Waals surface area contributed by atoms with Gasteiger partial charge in [-0.3, -0.25) is 0 Å². The molecule has 70 valence electrons. The van der Waals surface area contributed by atoms with Crippen molar-refractivity contribution in [3.05, 3.63) is 46.5 Å². The summed E-state index contributed by atoms with van der Waals surface area (Å²) in [5, 5.41) is 2.97. The summed E-state index contributed by atoms with van der Waals surface area (Å²) in [5.41, 5.74) is 6.09. The SMILES string of the molecule is Cc1ccc2ccc(C)c3c2c1CC3. The Morgan fingerprint density at radius 2 is 1.29 bits per heavy atom. The summed E-state index contributed by atoms with van der Waals surface area (Å²) in [5.74, 6) is 0. The molecule has 0 N–H and O–H groups in total. The van der Waals surface area contributed by atoms with E-state index in [1.165, 1.54) is 29.4 Å². The normalized spacial score (nSPS) is 13.9. The predicted molar refractivity (Wildman–Crippen MR) is 60.8 cm³/mol. The largest absolute Gasteiger partial charge is 0.0584 e. The van der Waals surface area contributed by atoms with Crippen LogP contribution in [0.3, 0.4) is 0 Å². The van der Waals surface area contributed by atoms with Gasteiger partial charge in [-0.05, 0) is 59.7 Å². The highest BCUT2D eigenvalue weighted by molar-refractivity contribution is 5.92. The molecule has 0 heterocycles. The predicted octanol–water partition coefficient (Wildman–Crippen LogP) is 3.56. The van der Waals surface area contributed by atoms with Gasteiger partial charge in [0, 0.05) is 0 Å². The Hall–Kier alpha value is -1.30. The molecule has 0 aromatic heterocycles. The maximum Gasteiger partial charge on any atom is -0.0114 e. The van der Waals surface area contributed by atoms with E-state index in [4.69, 9.17) is 0 Å². The van der Waals surface area contributed by atoms with E-state index < -0.39 is 0 Å². The zero-order chi connectivity index (χ0) is 9.71. The summed E-state index contributed by atoms with van der Waals surface area (Å²) >= 11 is 0. The smallest absolute Gasteiger partial charge is 0.0114 e. The van der Waals surface area contributed by atoms with Crippen molar-refractivity contribution in [1.29, 1.82) is 0 Å². The van der Waals surface area contributed by atoms with E-state index in [1.807, 2.05) is 0 Å². The molecule has 0 spiro atoms. The van der Waals surface area contributed by atoms with Crippen LogP contribution >= 0.6 is 0 Å². The molecule has 0 atom stereocenters. The van der Waals surface area contributed by atoms with Crippen LogP contribution in [0.5, 0.6) is 0 Å².